The van der Waals surface area contributed by atoms with Crippen molar-refractivity contribution >= 4 is 23.4 Å². The van der Waals surface area contributed by atoms with Gasteiger partial charge in [-0.15, -0.1) is 0 Å². The Kier molecular flexibility index (Phi) is 7.67. The molecule has 0 radical (unpaired) electrons. The predicted molar refractivity (Wildman–Crippen MR) is 118 cm³/mol. The molecule has 0 saturated carbocycles. The van der Waals surface area contributed by atoms with E-state index in [9.17, 15) is 14.4 Å². The summed E-state index contributed by atoms with van der Waals surface area (Å²) in [6.45, 7) is 2.74. The zero-order valence-electron chi connectivity index (χ0n) is 18.3. The first-order valence-corrected chi connectivity index (χ1v) is 10.3. The van der Waals surface area contributed by atoms with Crippen LogP contribution in [0.15, 0.2) is 42.5 Å². The lowest BCUT2D eigenvalue weighted by atomic mass is 10.1. The van der Waals surface area contributed by atoms with Crippen molar-refractivity contribution in [2.75, 3.05) is 32.4 Å². The van der Waals surface area contributed by atoms with Crippen molar-refractivity contribution in [3.63, 3.8) is 0 Å². The molecule has 2 N–H and O–H groups in total. The Morgan fingerprint density at radius 1 is 1.06 bits per heavy atom. The fourth-order valence-electron chi connectivity index (χ4n) is 3.22. The molecule has 3 rings (SSSR count). The number of methoxy groups -OCH3 is 2. The van der Waals surface area contributed by atoms with E-state index in [1.165, 1.54) is 5.01 Å². The average molecular weight is 441 g/mol. The number of benzene rings is 2. The number of hydrogen-bond donors (Lipinski definition) is 2. The van der Waals surface area contributed by atoms with Crippen molar-refractivity contribution in [2.45, 2.75) is 25.8 Å². The summed E-state index contributed by atoms with van der Waals surface area (Å²) in [7, 11) is 3.16. The summed E-state index contributed by atoms with van der Waals surface area (Å²) < 4.78 is 16.0. The van der Waals surface area contributed by atoms with Crippen molar-refractivity contribution in [2.24, 2.45) is 0 Å². The van der Waals surface area contributed by atoms with Crippen LogP contribution in [0.25, 0.3) is 0 Å². The van der Waals surface area contributed by atoms with E-state index >= 15 is 0 Å². The first kappa shape index (κ1) is 23.1. The van der Waals surface area contributed by atoms with Crippen LogP contribution in [0.5, 0.6) is 11.5 Å². The Hall–Kier alpha value is -3.59. The predicted octanol–water partition coefficient (Wildman–Crippen LogP) is 2.37. The zero-order chi connectivity index (χ0) is 23.1. The van der Waals surface area contributed by atoms with Crippen LogP contribution in [0.1, 0.15) is 41.7 Å². The van der Waals surface area contributed by atoms with Gasteiger partial charge in [-0.1, -0.05) is 6.07 Å². The molecular weight excluding hydrogens is 414 g/mol. The van der Waals surface area contributed by atoms with Gasteiger partial charge in [0.1, 0.15) is 6.61 Å². The van der Waals surface area contributed by atoms with Gasteiger partial charge >= 0.3 is 0 Å². The third-order valence-electron chi connectivity index (χ3n) is 5.02. The average Bonchev–Trinajstić information content (AvgIpc) is 2.81. The summed E-state index contributed by atoms with van der Waals surface area (Å²) in [5, 5.41) is 4.15. The molecule has 170 valence electrons. The lowest BCUT2D eigenvalue weighted by Crippen LogP contribution is -2.50. The fourth-order valence-corrected chi connectivity index (χ4v) is 3.22. The second-order valence-electron chi connectivity index (χ2n) is 7.26. The van der Waals surface area contributed by atoms with Crippen LogP contribution < -0.4 is 25.2 Å². The molecule has 32 heavy (non-hydrogen) atoms. The summed E-state index contributed by atoms with van der Waals surface area (Å²) in [6.07, 6.45) is 0.337. The molecule has 2 aromatic carbocycles. The molecule has 2 aromatic rings. The lowest BCUT2D eigenvalue weighted by molar-refractivity contribution is -0.130. The van der Waals surface area contributed by atoms with E-state index in [2.05, 4.69) is 10.7 Å². The highest BCUT2D eigenvalue weighted by Gasteiger charge is 2.24. The van der Waals surface area contributed by atoms with Gasteiger partial charge in [0.2, 0.25) is 11.8 Å². The molecule has 9 heteroatoms. The minimum atomic E-state index is -0.285. The molecular formula is C23H27N3O6. The van der Waals surface area contributed by atoms with Crippen molar-refractivity contribution in [3.05, 3.63) is 53.6 Å². The largest absolute Gasteiger partial charge is 0.493 e. The Morgan fingerprint density at radius 2 is 1.81 bits per heavy atom. The number of hydrogen-bond acceptors (Lipinski definition) is 6. The number of carbonyl (C=O) groups is 3. The van der Waals surface area contributed by atoms with Gasteiger partial charge in [-0.2, -0.15) is 0 Å². The first-order chi connectivity index (χ1) is 15.4. The molecule has 0 aromatic heterocycles. The summed E-state index contributed by atoms with van der Waals surface area (Å²) in [5.41, 5.74) is 4.32. The van der Waals surface area contributed by atoms with E-state index in [0.29, 0.717) is 36.0 Å². The number of carbonyl (C=O) groups excluding carboxylic acids is 3. The van der Waals surface area contributed by atoms with Crippen LogP contribution in [-0.4, -0.2) is 45.2 Å². The van der Waals surface area contributed by atoms with Gasteiger partial charge in [-0.25, -0.2) is 5.01 Å². The number of anilines is 1. The molecule has 0 aliphatic carbocycles. The molecule has 1 atom stereocenters. The van der Waals surface area contributed by atoms with E-state index in [-0.39, 0.29) is 36.6 Å². The van der Waals surface area contributed by atoms with Crippen LogP contribution in [0.3, 0.4) is 0 Å². The Bertz CT molecular complexity index is 976. The highest BCUT2D eigenvalue weighted by Crippen LogP contribution is 2.30. The van der Waals surface area contributed by atoms with E-state index in [1.807, 2.05) is 19.1 Å². The van der Waals surface area contributed by atoms with Gasteiger partial charge in [0.05, 0.1) is 25.4 Å². The lowest BCUT2D eigenvalue weighted by Gasteiger charge is -2.27. The molecule has 1 aliphatic rings. The SMILES string of the molecule is COCCOc1ccc(C(C)NC(=O)c2ccc(N3NC(=O)CCC3=O)cc2)cc1OC. The second-order valence-corrected chi connectivity index (χ2v) is 7.26. The highest BCUT2D eigenvalue weighted by molar-refractivity contribution is 6.01. The quantitative estimate of drug-likeness (QED) is 0.579. The minimum Gasteiger partial charge on any atom is -0.493 e. The van der Waals surface area contributed by atoms with Gasteiger partial charge in [-0.05, 0) is 48.9 Å². The smallest absolute Gasteiger partial charge is 0.251 e. The second kappa shape index (κ2) is 10.6. The van der Waals surface area contributed by atoms with E-state index in [0.717, 1.165) is 5.56 Å². The van der Waals surface area contributed by atoms with Gasteiger partial charge < -0.3 is 19.5 Å². The van der Waals surface area contributed by atoms with Crippen LogP contribution in [0, 0.1) is 0 Å². The van der Waals surface area contributed by atoms with Gasteiger partial charge in [0.15, 0.2) is 11.5 Å². The highest BCUT2D eigenvalue weighted by atomic mass is 16.5. The van der Waals surface area contributed by atoms with Crippen LogP contribution in [0.2, 0.25) is 0 Å². The number of rotatable bonds is 9. The summed E-state index contributed by atoms with van der Waals surface area (Å²) in [4.78, 5) is 36.3. The molecule has 9 nitrogen and oxygen atoms in total. The minimum absolute atomic E-state index is 0.158. The maximum atomic E-state index is 12.7. The monoisotopic (exact) mass is 441 g/mol. The molecule has 1 aliphatic heterocycles. The summed E-state index contributed by atoms with van der Waals surface area (Å²) >= 11 is 0. The van der Waals surface area contributed by atoms with E-state index in [1.54, 1.807) is 44.6 Å². The Balaban J connectivity index is 1.65. The fraction of sp³-hybridized carbons (Fsp3) is 0.348. The molecule has 1 saturated heterocycles. The Labute approximate surface area is 186 Å². The number of nitrogens with zero attached hydrogens (tertiary/aromatic N) is 1. The number of hydrazine groups is 1. The number of ether oxygens (including phenoxy) is 3. The maximum absolute atomic E-state index is 12.7. The standard InChI is InChI=1S/C23H27N3O6/c1-15(17-6-9-19(20(14-17)31-3)32-13-12-30-2)24-23(29)16-4-7-18(8-5-16)26-22(28)11-10-21(27)25-26/h4-9,14-15H,10-13H2,1-3H3,(H,24,29)(H,25,27). The molecule has 1 heterocycles. The summed E-state index contributed by atoms with van der Waals surface area (Å²) in [5.74, 6) is 0.487. The first-order valence-electron chi connectivity index (χ1n) is 10.3. The van der Waals surface area contributed by atoms with Crippen molar-refractivity contribution in [1.29, 1.82) is 0 Å². The number of amides is 3. The molecule has 1 fully saturated rings. The molecule has 3 amide bonds. The van der Waals surface area contributed by atoms with Crippen LogP contribution in [0.4, 0.5) is 5.69 Å². The normalized spacial score (nSPS) is 14.5. The van der Waals surface area contributed by atoms with Crippen molar-refractivity contribution in [3.8, 4) is 11.5 Å². The topological polar surface area (TPSA) is 106 Å². The Morgan fingerprint density at radius 3 is 2.50 bits per heavy atom. The van der Waals surface area contributed by atoms with Gasteiger partial charge in [-0.3, -0.25) is 19.8 Å². The zero-order valence-corrected chi connectivity index (χ0v) is 18.3. The summed E-state index contributed by atoms with van der Waals surface area (Å²) in [6, 6.07) is 11.7. The van der Waals surface area contributed by atoms with E-state index < -0.39 is 0 Å². The molecule has 0 spiro atoms. The van der Waals surface area contributed by atoms with Crippen LogP contribution in [-0.2, 0) is 14.3 Å². The van der Waals surface area contributed by atoms with E-state index in [4.69, 9.17) is 14.2 Å². The third kappa shape index (κ3) is 5.55. The third-order valence-corrected chi connectivity index (χ3v) is 5.02. The van der Waals surface area contributed by atoms with Gasteiger partial charge in [0, 0.05) is 25.5 Å². The number of nitrogens with one attached hydrogen (secondary N) is 2. The maximum Gasteiger partial charge on any atom is 0.251 e. The van der Waals surface area contributed by atoms with Crippen molar-refractivity contribution in [1.82, 2.24) is 10.7 Å². The molecule has 0 bridgehead atoms. The molecule has 1 unspecified atom stereocenters. The van der Waals surface area contributed by atoms with Crippen molar-refractivity contribution < 1.29 is 28.6 Å². The van der Waals surface area contributed by atoms with Gasteiger partial charge in [0.25, 0.3) is 5.91 Å². The van der Waals surface area contributed by atoms with Crippen LogP contribution >= 0.6 is 0 Å².